The number of halogens is 5. The highest BCUT2D eigenvalue weighted by atomic mass is 19.4. The highest BCUT2D eigenvalue weighted by molar-refractivity contribution is 5.77. The van der Waals surface area contributed by atoms with Crippen LogP contribution in [0, 0.1) is 25.5 Å². The zero-order valence-electron chi connectivity index (χ0n) is 21.6. The second-order valence-corrected chi connectivity index (χ2v) is 9.83. The van der Waals surface area contributed by atoms with Crippen molar-refractivity contribution in [2.75, 3.05) is 36.0 Å². The fourth-order valence-corrected chi connectivity index (χ4v) is 5.27. The molecule has 0 unspecified atom stereocenters. The van der Waals surface area contributed by atoms with Crippen molar-refractivity contribution in [2.24, 2.45) is 0 Å². The number of nitrogens with zero attached hydrogens (tertiary/aromatic N) is 8. The normalized spacial score (nSPS) is 17.9. The van der Waals surface area contributed by atoms with Crippen molar-refractivity contribution in [3.63, 3.8) is 0 Å². The van der Waals surface area contributed by atoms with Gasteiger partial charge in [0, 0.05) is 56.1 Å². The van der Waals surface area contributed by atoms with Crippen LogP contribution in [0.4, 0.5) is 33.3 Å². The summed E-state index contributed by atoms with van der Waals surface area (Å²) in [6.07, 6.45) is -2.32. The van der Waals surface area contributed by atoms with E-state index >= 15 is 0 Å². The standard InChI is InChI=1S/C25H27F5N8O/c1-14-11-36(6-7-37(14)22(39)13-38-16(3)33-15(2)34-38)21-8-20(26)23(27)18-4-5-35(12-19(18)21)17-9-31-24(32-10-17)25(28,29)30/h8-10,14H,4-7,11-13H2,1-3H3/t14-/m1/s1. The second-order valence-electron chi connectivity index (χ2n) is 9.83. The average Bonchev–Trinajstić information content (AvgIpc) is 3.21. The molecule has 4 heterocycles. The van der Waals surface area contributed by atoms with Crippen molar-refractivity contribution >= 4 is 17.3 Å². The summed E-state index contributed by atoms with van der Waals surface area (Å²) < 4.78 is 69.7. The number of hydrogen-bond donors (Lipinski definition) is 0. The fraction of sp³-hybridized carbons (Fsp3) is 0.480. The van der Waals surface area contributed by atoms with E-state index in [1.165, 1.54) is 0 Å². The Balaban J connectivity index is 1.35. The monoisotopic (exact) mass is 550 g/mol. The zero-order chi connectivity index (χ0) is 28.1. The predicted molar refractivity (Wildman–Crippen MR) is 131 cm³/mol. The van der Waals surface area contributed by atoms with Crippen LogP contribution in [-0.2, 0) is 30.5 Å². The molecule has 1 aromatic carbocycles. The first-order chi connectivity index (χ1) is 18.4. The molecule has 2 aliphatic heterocycles. The number of alkyl halides is 3. The lowest BCUT2D eigenvalue weighted by Gasteiger charge is -2.43. The number of amides is 1. The Labute approximate surface area is 221 Å². The molecule has 0 bridgehead atoms. The number of anilines is 2. The molecule has 2 aliphatic rings. The highest BCUT2D eigenvalue weighted by Gasteiger charge is 2.35. The summed E-state index contributed by atoms with van der Waals surface area (Å²) in [4.78, 5) is 29.5. The van der Waals surface area contributed by atoms with Crippen molar-refractivity contribution in [2.45, 2.75) is 52.5 Å². The van der Waals surface area contributed by atoms with Gasteiger partial charge < -0.3 is 14.7 Å². The van der Waals surface area contributed by atoms with E-state index in [4.69, 9.17) is 0 Å². The first-order valence-electron chi connectivity index (χ1n) is 12.5. The molecule has 9 nitrogen and oxygen atoms in total. The van der Waals surface area contributed by atoms with Gasteiger partial charge in [-0.15, -0.1) is 0 Å². The lowest BCUT2D eigenvalue weighted by molar-refractivity contribution is -0.145. The van der Waals surface area contributed by atoms with Gasteiger partial charge in [-0.1, -0.05) is 0 Å². The largest absolute Gasteiger partial charge is 0.451 e. The minimum Gasteiger partial charge on any atom is -0.367 e. The van der Waals surface area contributed by atoms with Gasteiger partial charge in [0.05, 0.1) is 18.1 Å². The molecule has 0 aliphatic carbocycles. The van der Waals surface area contributed by atoms with E-state index in [0.717, 1.165) is 18.5 Å². The van der Waals surface area contributed by atoms with Gasteiger partial charge in [0.15, 0.2) is 11.6 Å². The van der Waals surface area contributed by atoms with Crippen LogP contribution in [0.5, 0.6) is 0 Å². The predicted octanol–water partition coefficient (Wildman–Crippen LogP) is 3.28. The number of carbonyl (C=O) groups is 1. The number of rotatable bonds is 4. The maximum absolute atomic E-state index is 14.8. The molecule has 1 atom stereocenters. The van der Waals surface area contributed by atoms with Crippen LogP contribution in [0.25, 0.3) is 0 Å². The van der Waals surface area contributed by atoms with Gasteiger partial charge in [-0.2, -0.15) is 18.3 Å². The Hall–Kier alpha value is -3.84. The molecule has 0 N–H and O–H groups in total. The third-order valence-electron chi connectivity index (χ3n) is 7.19. The summed E-state index contributed by atoms with van der Waals surface area (Å²) >= 11 is 0. The Bertz CT molecular complexity index is 1390. The van der Waals surface area contributed by atoms with Crippen LogP contribution in [0.15, 0.2) is 18.5 Å². The van der Waals surface area contributed by atoms with Gasteiger partial charge in [-0.3, -0.25) is 4.79 Å². The van der Waals surface area contributed by atoms with Crippen LogP contribution in [0.2, 0.25) is 0 Å². The number of fused-ring (bicyclic) bond motifs is 1. The summed E-state index contributed by atoms with van der Waals surface area (Å²) in [5.41, 5.74) is 1.66. The Morgan fingerprint density at radius 1 is 1.05 bits per heavy atom. The maximum atomic E-state index is 14.8. The van der Waals surface area contributed by atoms with Gasteiger partial charge in [-0.25, -0.2) is 28.4 Å². The SMILES string of the molecule is Cc1nc(C)n(CC(=O)N2CCN(c3cc(F)c(F)c4c3CN(c3cnc(C(F)(F)F)nc3)CC4)C[C@H]2C)n1. The molecule has 0 radical (unpaired) electrons. The molecular formula is C25H27F5N8O. The molecule has 1 amide bonds. The third-order valence-corrected chi connectivity index (χ3v) is 7.19. The molecule has 1 saturated heterocycles. The summed E-state index contributed by atoms with van der Waals surface area (Å²) in [5, 5.41) is 4.25. The van der Waals surface area contributed by atoms with Gasteiger partial charge in [0.2, 0.25) is 11.7 Å². The van der Waals surface area contributed by atoms with Crippen molar-refractivity contribution in [1.82, 2.24) is 29.6 Å². The topological polar surface area (TPSA) is 83.3 Å². The minimum absolute atomic E-state index is 0.0573. The summed E-state index contributed by atoms with van der Waals surface area (Å²) in [7, 11) is 0. The van der Waals surface area contributed by atoms with Crippen LogP contribution >= 0.6 is 0 Å². The van der Waals surface area contributed by atoms with E-state index in [1.807, 2.05) is 11.8 Å². The van der Waals surface area contributed by atoms with Crippen LogP contribution < -0.4 is 9.80 Å². The van der Waals surface area contributed by atoms with E-state index in [1.54, 1.807) is 28.3 Å². The van der Waals surface area contributed by atoms with Crippen molar-refractivity contribution in [1.29, 1.82) is 0 Å². The van der Waals surface area contributed by atoms with E-state index in [0.29, 0.717) is 48.2 Å². The average molecular weight is 551 g/mol. The number of piperazine rings is 1. The van der Waals surface area contributed by atoms with Crippen LogP contribution in [0.3, 0.4) is 0 Å². The molecule has 3 aromatic rings. The van der Waals surface area contributed by atoms with Gasteiger partial charge in [0.1, 0.15) is 18.2 Å². The second kappa shape index (κ2) is 10.0. The molecule has 14 heteroatoms. The maximum Gasteiger partial charge on any atom is 0.451 e. The molecule has 1 fully saturated rings. The Kier molecular flexibility index (Phi) is 6.89. The van der Waals surface area contributed by atoms with Crippen molar-refractivity contribution < 1.29 is 26.7 Å². The smallest absolute Gasteiger partial charge is 0.367 e. The lowest BCUT2D eigenvalue weighted by atomic mass is 9.95. The summed E-state index contributed by atoms with van der Waals surface area (Å²) in [6.45, 7) is 7.05. The summed E-state index contributed by atoms with van der Waals surface area (Å²) in [6, 6.07) is 0.940. The molecule has 2 aromatic heterocycles. The number of benzene rings is 1. The summed E-state index contributed by atoms with van der Waals surface area (Å²) in [5.74, 6) is -2.01. The van der Waals surface area contributed by atoms with E-state index in [2.05, 4.69) is 20.1 Å². The number of aryl methyl sites for hydroxylation is 2. The number of aromatic nitrogens is 5. The Morgan fingerprint density at radius 2 is 1.77 bits per heavy atom. The Morgan fingerprint density at radius 3 is 2.38 bits per heavy atom. The van der Waals surface area contributed by atoms with E-state index < -0.39 is 23.6 Å². The quantitative estimate of drug-likeness (QED) is 0.461. The number of hydrogen-bond acceptors (Lipinski definition) is 7. The lowest BCUT2D eigenvalue weighted by Crippen LogP contribution is -2.55. The fourth-order valence-electron chi connectivity index (χ4n) is 5.27. The first-order valence-corrected chi connectivity index (χ1v) is 12.5. The molecule has 5 rings (SSSR count). The molecular weight excluding hydrogens is 523 g/mol. The highest BCUT2D eigenvalue weighted by Crippen LogP contribution is 2.36. The van der Waals surface area contributed by atoms with E-state index in [9.17, 15) is 26.7 Å². The number of carbonyl (C=O) groups excluding carboxylic acids is 1. The molecule has 0 saturated carbocycles. The zero-order valence-corrected chi connectivity index (χ0v) is 21.6. The molecule has 39 heavy (non-hydrogen) atoms. The van der Waals surface area contributed by atoms with Crippen molar-refractivity contribution in [3.8, 4) is 0 Å². The van der Waals surface area contributed by atoms with Crippen molar-refractivity contribution in [3.05, 3.63) is 58.7 Å². The van der Waals surface area contributed by atoms with E-state index in [-0.39, 0.29) is 43.6 Å². The minimum atomic E-state index is -4.66. The van der Waals surface area contributed by atoms with Crippen LogP contribution in [-0.4, -0.2) is 67.8 Å². The third kappa shape index (κ3) is 5.23. The molecule has 208 valence electrons. The first kappa shape index (κ1) is 26.8. The van der Waals surface area contributed by atoms with Gasteiger partial charge >= 0.3 is 6.18 Å². The van der Waals surface area contributed by atoms with Gasteiger partial charge in [-0.05, 0) is 32.8 Å². The van der Waals surface area contributed by atoms with Gasteiger partial charge in [0.25, 0.3) is 0 Å². The van der Waals surface area contributed by atoms with Crippen LogP contribution in [0.1, 0.15) is 35.5 Å². The molecule has 0 spiro atoms.